The van der Waals surface area contributed by atoms with Crippen molar-refractivity contribution < 1.29 is 9.53 Å². The van der Waals surface area contributed by atoms with E-state index in [-0.39, 0.29) is 23.3 Å². The number of nitrogens with two attached hydrogens (primary N) is 1. The van der Waals surface area contributed by atoms with E-state index >= 15 is 0 Å². The number of amides is 1. The Morgan fingerprint density at radius 1 is 1.20 bits per heavy atom. The van der Waals surface area contributed by atoms with E-state index in [1.165, 1.54) is 0 Å². The lowest BCUT2D eigenvalue weighted by molar-refractivity contribution is -0.123. The number of rotatable bonds is 5. The molecule has 1 amide bonds. The molecule has 2 rings (SSSR count). The fourth-order valence-electron chi connectivity index (χ4n) is 2.82. The Bertz CT molecular complexity index is 478. The fourth-order valence-corrected chi connectivity index (χ4v) is 2.82. The normalized spacial score (nSPS) is 19.4. The van der Waals surface area contributed by atoms with E-state index in [1.807, 2.05) is 0 Å². The molecule has 1 aromatic carbocycles. The standard InChI is InChI=1S/C16H24N2O2/c1-15(2)13(16(15,3)4)9-18-14(19)10-20-12-7-5-11(17)6-8-12/h5-8,13H,9-10,17H2,1-4H3,(H,18,19). The second-order valence-electron chi connectivity index (χ2n) is 6.66. The van der Waals surface area contributed by atoms with Crippen molar-refractivity contribution in [3.8, 4) is 5.75 Å². The first kappa shape index (κ1) is 14.7. The largest absolute Gasteiger partial charge is 0.484 e. The van der Waals surface area contributed by atoms with Crippen LogP contribution in [0.25, 0.3) is 0 Å². The topological polar surface area (TPSA) is 64.3 Å². The van der Waals surface area contributed by atoms with Gasteiger partial charge in [-0.3, -0.25) is 4.79 Å². The van der Waals surface area contributed by atoms with E-state index in [0.717, 1.165) is 0 Å². The quantitative estimate of drug-likeness (QED) is 0.812. The average molecular weight is 276 g/mol. The van der Waals surface area contributed by atoms with Gasteiger partial charge in [-0.15, -0.1) is 0 Å². The third-order valence-electron chi connectivity index (χ3n) is 5.07. The molecule has 0 radical (unpaired) electrons. The number of hydrogen-bond acceptors (Lipinski definition) is 3. The van der Waals surface area contributed by atoms with Crippen molar-refractivity contribution >= 4 is 11.6 Å². The number of anilines is 1. The van der Waals surface area contributed by atoms with Crippen LogP contribution in [-0.4, -0.2) is 19.1 Å². The third-order valence-corrected chi connectivity index (χ3v) is 5.07. The van der Waals surface area contributed by atoms with Crippen LogP contribution in [0.2, 0.25) is 0 Å². The summed E-state index contributed by atoms with van der Waals surface area (Å²) in [5.41, 5.74) is 6.85. The van der Waals surface area contributed by atoms with Gasteiger partial charge in [0.2, 0.25) is 0 Å². The molecular formula is C16H24N2O2. The molecule has 0 saturated heterocycles. The second-order valence-corrected chi connectivity index (χ2v) is 6.66. The zero-order chi connectivity index (χ0) is 15.0. The van der Waals surface area contributed by atoms with Crippen molar-refractivity contribution in [2.75, 3.05) is 18.9 Å². The van der Waals surface area contributed by atoms with Gasteiger partial charge in [0, 0.05) is 12.2 Å². The Kier molecular flexibility index (Phi) is 3.67. The predicted molar refractivity (Wildman–Crippen MR) is 80.4 cm³/mol. The first-order valence-electron chi connectivity index (χ1n) is 7.00. The summed E-state index contributed by atoms with van der Waals surface area (Å²) in [6.07, 6.45) is 0. The van der Waals surface area contributed by atoms with Gasteiger partial charge in [-0.2, -0.15) is 0 Å². The summed E-state index contributed by atoms with van der Waals surface area (Å²) in [4.78, 5) is 11.8. The van der Waals surface area contributed by atoms with E-state index in [0.29, 0.717) is 23.9 Å². The van der Waals surface area contributed by atoms with E-state index in [1.54, 1.807) is 24.3 Å². The molecule has 1 aliphatic carbocycles. The third kappa shape index (κ3) is 2.74. The van der Waals surface area contributed by atoms with Gasteiger partial charge in [0.25, 0.3) is 5.91 Å². The molecule has 4 nitrogen and oxygen atoms in total. The zero-order valence-corrected chi connectivity index (χ0v) is 12.7. The van der Waals surface area contributed by atoms with Gasteiger partial charge in [-0.25, -0.2) is 0 Å². The van der Waals surface area contributed by atoms with Crippen LogP contribution in [0.5, 0.6) is 5.75 Å². The second kappa shape index (κ2) is 5.00. The molecule has 0 bridgehead atoms. The first-order valence-corrected chi connectivity index (χ1v) is 7.00. The molecule has 1 saturated carbocycles. The average Bonchev–Trinajstić information content (AvgIpc) is 2.76. The van der Waals surface area contributed by atoms with Gasteiger partial charge >= 0.3 is 0 Å². The van der Waals surface area contributed by atoms with Gasteiger partial charge in [0.15, 0.2) is 6.61 Å². The van der Waals surface area contributed by atoms with Crippen molar-refractivity contribution in [3.63, 3.8) is 0 Å². The molecular weight excluding hydrogens is 252 g/mol. The number of ether oxygens (including phenoxy) is 1. The minimum absolute atomic E-state index is 0.0392. The highest BCUT2D eigenvalue weighted by Crippen LogP contribution is 2.67. The smallest absolute Gasteiger partial charge is 0.257 e. The number of nitrogen functional groups attached to an aromatic ring is 1. The molecule has 0 atom stereocenters. The summed E-state index contributed by atoms with van der Waals surface area (Å²) in [5.74, 6) is 1.09. The van der Waals surface area contributed by atoms with Crippen molar-refractivity contribution in [1.29, 1.82) is 0 Å². The van der Waals surface area contributed by atoms with Crippen LogP contribution in [0.1, 0.15) is 27.7 Å². The number of benzene rings is 1. The maximum absolute atomic E-state index is 11.8. The Balaban J connectivity index is 1.73. The Morgan fingerprint density at radius 3 is 2.25 bits per heavy atom. The molecule has 110 valence electrons. The highest BCUT2D eigenvalue weighted by atomic mass is 16.5. The molecule has 3 N–H and O–H groups in total. The number of nitrogens with one attached hydrogen (secondary N) is 1. The van der Waals surface area contributed by atoms with Crippen LogP contribution < -0.4 is 15.8 Å². The Morgan fingerprint density at radius 2 is 1.75 bits per heavy atom. The van der Waals surface area contributed by atoms with Crippen LogP contribution >= 0.6 is 0 Å². The molecule has 20 heavy (non-hydrogen) atoms. The van der Waals surface area contributed by atoms with Gasteiger partial charge in [0.1, 0.15) is 5.75 Å². The van der Waals surface area contributed by atoms with Gasteiger partial charge in [-0.1, -0.05) is 27.7 Å². The fraction of sp³-hybridized carbons (Fsp3) is 0.562. The summed E-state index contributed by atoms with van der Waals surface area (Å²) >= 11 is 0. The SMILES string of the molecule is CC1(C)C(CNC(=O)COc2ccc(N)cc2)C1(C)C. The monoisotopic (exact) mass is 276 g/mol. The minimum atomic E-state index is -0.0830. The van der Waals surface area contributed by atoms with Crippen molar-refractivity contribution in [1.82, 2.24) is 5.32 Å². The highest BCUT2D eigenvalue weighted by molar-refractivity contribution is 5.77. The lowest BCUT2D eigenvalue weighted by atomic mass is 10.0. The van der Waals surface area contributed by atoms with Crippen molar-refractivity contribution in [2.45, 2.75) is 27.7 Å². The summed E-state index contributed by atoms with van der Waals surface area (Å²) in [7, 11) is 0. The molecule has 1 fully saturated rings. The van der Waals surface area contributed by atoms with Crippen molar-refractivity contribution in [3.05, 3.63) is 24.3 Å². The lowest BCUT2D eigenvalue weighted by Crippen LogP contribution is -2.31. The van der Waals surface area contributed by atoms with Crippen LogP contribution in [0.4, 0.5) is 5.69 Å². The maximum Gasteiger partial charge on any atom is 0.257 e. The molecule has 0 heterocycles. The Labute approximate surface area is 120 Å². The van der Waals surface area contributed by atoms with Gasteiger partial charge < -0.3 is 15.8 Å². The molecule has 1 aliphatic rings. The predicted octanol–water partition coefficient (Wildman–Crippen LogP) is 2.45. The van der Waals surface area contributed by atoms with Crippen LogP contribution in [0, 0.1) is 16.7 Å². The Hall–Kier alpha value is -1.71. The van der Waals surface area contributed by atoms with Crippen LogP contribution in [0.3, 0.4) is 0 Å². The summed E-state index contributed by atoms with van der Waals surface area (Å²) < 4.78 is 5.41. The molecule has 4 heteroatoms. The van der Waals surface area contributed by atoms with E-state index in [2.05, 4.69) is 33.0 Å². The number of hydrogen-bond donors (Lipinski definition) is 2. The van der Waals surface area contributed by atoms with Gasteiger partial charge in [-0.05, 0) is 41.0 Å². The molecule has 1 aromatic rings. The zero-order valence-electron chi connectivity index (χ0n) is 12.7. The lowest BCUT2D eigenvalue weighted by Gasteiger charge is -2.08. The number of carbonyl (C=O) groups excluding carboxylic acids is 1. The van der Waals surface area contributed by atoms with E-state index < -0.39 is 0 Å². The molecule has 0 spiro atoms. The van der Waals surface area contributed by atoms with Crippen molar-refractivity contribution in [2.24, 2.45) is 16.7 Å². The highest BCUT2D eigenvalue weighted by Gasteiger charge is 2.64. The van der Waals surface area contributed by atoms with E-state index in [9.17, 15) is 4.79 Å². The van der Waals surface area contributed by atoms with Gasteiger partial charge in [0.05, 0.1) is 0 Å². The maximum atomic E-state index is 11.8. The molecule has 0 aromatic heterocycles. The van der Waals surface area contributed by atoms with Crippen LogP contribution in [-0.2, 0) is 4.79 Å². The number of carbonyl (C=O) groups is 1. The first-order chi connectivity index (χ1) is 9.25. The molecule has 0 unspecified atom stereocenters. The van der Waals surface area contributed by atoms with E-state index in [4.69, 9.17) is 10.5 Å². The summed E-state index contributed by atoms with van der Waals surface area (Å²) in [6, 6.07) is 7.02. The minimum Gasteiger partial charge on any atom is -0.484 e. The molecule has 0 aliphatic heterocycles. The summed E-state index contributed by atoms with van der Waals surface area (Å²) in [6.45, 7) is 9.73. The van der Waals surface area contributed by atoms with Crippen LogP contribution in [0.15, 0.2) is 24.3 Å². The summed E-state index contributed by atoms with van der Waals surface area (Å²) in [5, 5.41) is 2.95.